The molecule has 0 aliphatic heterocycles. The van der Waals surface area contributed by atoms with Crippen LogP contribution in [0.4, 0.5) is 0 Å². The van der Waals surface area contributed by atoms with E-state index in [4.69, 9.17) is 9.72 Å². The number of ketones is 2. The molecule has 0 spiro atoms. The molecule has 41 heavy (non-hydrogen) atoms. The van der Waals surface area contributed by atoms with E-state index in [1.54, 1.807) is 11.3 Å². The van der Waals surface area contributed by atoms with Crippen molar-refractivity contribution in [3.8, 4) is 0 Å². The van der Waals surface area contributed by atoms with Crippen molar-refractivity contribution in [1.82, 2.24) is 4.98 Å². The van der Waals surface area contributed by atoms with E-state index in [0.717, 1.165) is 78.8 Å². The summed E-state index contributed by atoms with van der Waals surface area (Å²) in [5.74, 6) is 1.80. The summed E-state index contributed by atoms with van der Waals surface area (Å²) in [5, 5.41) is 0. The second kappa shape index (κ2) is 10.3. The first-order valence-corrected chi connectivity index (χ1v) is 17.5. The van der Waals surface area contributed by atoms with Gasteiger partial charge in [0.15, 0.2) is 21.5 Å². The highest BCUT2D eigenvalue weighted by Crippen LogP contribution is 2.68. The number of para-hydroxylation sites is 1. The molecule has 0 radical (unpaired) electrons. The van der Waals surface area contributed by atoms with Crippen molar-refractivity contribution < 1.29 is 19.1 Å². The molecule has 0 N–H and O–H groups in total. The maximum Gasteiger partial charge on any atom is 0.309 e. The molecule has 7 heteroatoms. The number of ether oxygens (including phenoxy) is 1. The Morgan fingerprint density at radius 2 is 1.78 bits per heavy atom. The van der Waals surface area contributed by atoms with Crippen LogP contribution >= 0.6 is 23.1 Å². The molecule has 1 heterocycles. The van der Waals surface area contributed by atoms with E-state index in [9.17, 15) is 14.4 Å². The average molecular weight is 592 g/mol. The Kier molecular flexibility index (Phi) is 7.01. The highest BCUT2D eigenvalue weighted by Gasteiger charge is 2.68. The highest BCUT2D eigenvalue weighted by atomic mass is 32.2. The van der Waals surface area contributed by atoms with E-state index >= 15 is 0 Å². The van der Waals surface area contributed by atoms with Gasteiger partial charge in [-0.2, -0.15) is 0 Å². The third-order valence-electron chi connectivity index (χ3n) is 12.1. The van der Waals surface area contributed by atoms with Gasteiger partial charge in [-0.15, -0.1) is 11.3 Å². The standard InChI is InChI=1S/C34H41NO4S2/c1-32-16-13-23(36)19-22(32)11-12-24-25(32)14-17-33(2)26(24)15-18-34(33,39-30(38)21-7-3-4-8-21)29(37)20-40-31-35-27-9-5-6-10-28(27)41-31/h5-6,9-10,19,21,24-26H,3-4,7-8,11-18,20H2,1-2H3/t24?,25?,26?,32?,33?,34-/m0/s1. The van der Waals surface area contributed by atoms with Gasteiger partial charge >= 0.3 is 5.97 Å². The number of rotatable bonds is 6. The molecule has 4 fully saturated rings. The predicted octanol–water partition coefficient (Wildman–Crippen LogP) is 7.96. The molecule has 5 nitrogen and oxygen atoms in total. The van der Waals surface area contributed by atoms with Crippen LogP contribution in [0.2, 0.25) is 0 Å². The van der Waals surface area contributed by atoms with Crippen LogP contribution in [0.3, 0.4) is 0 Å². The summed E-state index contributed by atoms with van der Waals surface area (Å²) in [5.41, 5.74) is 0.973. The zero-order valence-corrected chi connectivity index (χ0v) is 25.9. The fourth-order valence-corrected chi connectivity index (χ4v) is 11.8. The first kappa shape index (κ1) is 27.8. The number of allylic oxidation sites excluding steroid dienone is 1. The Bertz CT molecular complexity index is 1390. The summed E-state index contributed by atoms with van der Waals surface area (Å²) in [6, 6.07) is 8.09. The minimum atomic E-state index is -1.06. The van der Waals surface area contributed by atoms with Crippen molar-refractivity contribution in [3.05, 3.63) is 35.9 Å². The number of fused-ring (bicyclic) bond motifs is 6. The van der Waals surface area contributed by atoms with Crippen molar-refractivity contribution in [2.24, 2.45) is 34.5 Å². The Balaban J connectivity index is 1.18. The second-order valence-corrected chi connectivity index (χ2v) is 16.1. The van der Waals surface area contributed by atoms with Crippen molar-refractivity contribution in [1.29, 1.82) is 0 Å². The lowest BCUT2D eigenvalue weighted by Crippen LogP contribution is -2.60. The first-order chi connectivity index (χ1) is 19.7. The number of aromatic nitrogens is 1. The van der Waals surface area contributed by atoms with Crippen molar-refractivity contribution in [2.75, 3.05) is 5.75 Å². The molecular formula is C34H41NO4S2. The second-order valence-electron chi connectivity index (χ2n) is 13.9. The topological polar surface area (TPSA) is 73.3 Å². The van der Waals surface area contributed by atoms with E-state index in [2.05, 4.69) is 19.9 Å². The van der Waals surface area contributed by atoms with Crippen LogP contribution in [-0.4, -0.2) is 33.9 Å². The first-order valence-electron chi connectivity index (χ1n) is 15.7. The van der Waals surface area contributed by atoms with Crippen molar-refractivity contribution in [2.45, 2.75) is 101 Å². The number of thioether (sulfide) groups is 1. The van der Waals surface area contributed by atoms with Gasteiger partial charge in [0, 0.05) is 11.8 Å². The fraction of sp³-hybridized carbons (Fsp3) is 0.647. The number of nitrogens with zero attached hydrogens (tertiary/aromatic N) is 1. The third kappa shape index (κ3) is 4.39. The van der Waals surface area contributed by atoms with E-state index in [-0.39, 0.29) is 40.0 Å². The molecular weight excluding hydrogens is 551 g/mol. The van der Waals surface area contributed by atoms with Crippen molar-refractivity contribution in [3.63, 3.8) is 0 Å². The zero-order valence-electron chi connectivity index (χ0n) is 24.3. The van der Waals surface area contributed by atoms with Crippen LogP contribution in [-0.2, 0) is 19.1 Å². The molecule has 6 atom stereocenters. The van der Waals surface area contributed by atoms with Crippen LogP contribution in [0.1, 0.15) is 90.9 Å². The van der Waals surface area contributed by atoms with Crippen LogP contribution in [0.5, 0.6) is 0 Å². The summed E-state index contributed by atoms with van der Waals surface area (Å²) in [4.78, 5) is 45.2. The minimum Gasteiger partial charge on any atom is -0.450 e. The Morgan fingerprint density at radius 3 is 2.59 bits per heavy atom. The maximum atomic E-state index is 14.5. The molecule has 2 aromatic rings. The van der Waals surface area contributed by atoms with E-state index in [0.29, 0.717) is 30.6 Å². The van der Waals surface area contributed by atoms with Crippen LogP contribution in [0.15, 0.2) is 40.3 Å². The normalized spacial score (nSPS) is 36.9. The quantitative estimate of drug-likeness (QED) is 0.251. The van der Waals surface area contributed by atoms with Gasteiger partial charge in [-0.1, -0.05) is 56.2 Å². The molecule has 7 rings (SSSR count). The number of hydrogen-bond donors (Lipinski definition) is 0. The molecule has 1 aromatic carbocycles. The molecule has 0 bridgehead atoms. The van der Waals surface area contributed by atoms with E-state index in [1.165, 1.54) is 17.3 Å². The van der Waals surface area contributed by atoms with Crippen LogP contribution in [0.25, 0.3) is 10.2 Å². The Labute approximate surface area is 251 Å². The van der Waals surface area contributed by atoms with E-state index < -0.39 is 5.60 Å². The van der Waals surface area contributed by atoms with Crippen LogP contribution < -0.4 is 0 Å². The summed E-state index contributed by atoms with van der Waals surface area (Å²) < 4.78 is 8.63. The molecule has 5 unspecified atom stereocenters. The number of thiazole rings is 1. The molecule has 0 saturated heterocycles. The molecule has 5 aliphatic rings. The summed E-state index contributed by atoms with van der Waals surface area (Å²) in [6.07, 6.45) is 13.0. The lowest BCUT2D eigenvalue weighted by molar-refractivity contribution is -0.192. The molecule has 218 valence electrons. The summed E-state index contributed by atoms with van der Waals surface area (Å²) >= 11 is 3.13. The van der Waals surface area contributed by atoms with Gasteiger partial charge in [0.1, 0.15) is 0 Å². The number of carbonyl (C=O) groups is 3. The largest absolute Gasteiger partial charge is 0.450 e. The molecule has 4 saturated carbocycles. The van der Waals surface area contributed by atoms with Gasteiger partial charge < -0.3 is 4.74 Å². The molecule has 0 amide bonds. The maximum absolute atomic E-state index is 14.5. The summed E-state index contributed by atoms with van der Waals surface area (Å²) in [7, 11) is 0. The van der Waals surface area contributed by atoms with Gasteiger partial charge in [0.2, 0.25) is 0 Å². The van der Waals surface area contributed by atoms with Gasteiger partial charge in [-0.05, 0) is 99.2 Å². The smallest absolute Gasteiger partial charge is 0.309 e. The van der Waals surface area contributed by atoms with E-state index in [1.807, 2.05) is 24.3 Å². The Hall–Kier alpha value is -1.99. The number of benzene rings is 1. The third-order valence-corrected chi connectivity index (χ3v) is 14.3. The van der Waals surface area contributed by atoms with Gasteiger partial charge in [-0.25, -0.2) is 4.98 Å². The summed E-state index contributed by atoms with van der Waals surface area (Å²) in [6.45, 7) is 4.67. The van der Waals surface area contributed by atoms with Gasteiger partial charge in [-0.3, -0.25) is 14.4 Å². The highest BCUT2D eigenvalue weighted by molar-refractivity contribution is 8.01. The van der Waals surface area contributed by atoms with Crippen LogP contribution in [0, 0.1) is 34.5 Å². The lowest BCUT2D eigenvalue weighted by Gasteiger charge is -2.59. The Morgan fingerprint density at radius 1 is 1.00 bits per heavy atom. The average Bonchev–Trinajstić information content (AvgIpc) is 3.70. The van der Waals surface area contributed by atoms with Gasteiger partial charge in [0.05, 0.1) is 21.9 Å². The molecule has 5 aliphatic carbocycles. The SMILES string of the molecule is CC12CCC(=O)C=C1CCC1C2CCC2(C)C1CC[C@]2(OC(=O)C1CCCC1)C(=O)CSc1nc2ccccc2s1. The lowest BCUT2D eigenvalue weighted by atomic mass is 9.46. The number of carbonyl (C=O) groups excluding carboxylic acids is 3. The number of hydrogen-bond acceptors (Lipinski definition) is 7. The fourth-order valence-electron chi connectivity index (χ4n) is 9.81. The van der Waals surface area contributed by atoms with Gasteiger partial charge in [0.25, 0.3) is 0 Å². The monoisotopic (exact) mass is 591 g/mol. The molecule has 1 aromatic heterocycles. The van der Waals surface area contributed by atoms with Crippen molar-refractivity contribution >= 4 is 50.9 Å². The number of Topliss-reactive ketones (excluding diaryl/α,β-unsaturated/α-hetero) is 1. The minimum absolute atomic E-state index is 0.0717. The predicted molar refractivity (Wildman–Crippen MR) is 163 cm³/mol. The number of esters is 1. The zero-order chi connectivity index (χ0) is 28.4.